The maximum atomic E-state index is 12.8. The van der Waals surface area contributed by atoms with Gasteiger partial charge in [-0.2, -0.15) is 0 Å². The summed E-state index contributed by atoms with van der Waals surface area (Å²) in [6.45, 7) is 3.67. The third-order valence-electron chi connectivity index (χ3n) is 8.78. The molecule has 0 saturated carbocycles. The van der Waals surface area contributed by atoms with E-state index >= 15 is 0 Å². The number of hydrogen-bond donors (Lipinski definition) is 6. The third kappa shape index (κ3) is 20.1. The van der Waals surface area contributed by atoms with E-state index in [1.807, 2.05) is 6.08 Å². The largest absolute Gasteiger partial charge is 0.394 e. The van der Waals surface area contributed by atoms with Gasteiger partial charge in [-0.05, 0) is 32.1 Å². The summed E-state index contributed by atoms with van der Waals surface area (Å²) in [6, 6.07) is -0.813. The van der Waals surface area contributed by atoms with E-state index in [-0.39, 0.29) is 12.5 Å². The summed E-state index contributed by atoms with van der Waals surface area (Å²) in [5.41, 5.74) is 0. The number of carbonyl (C=O) groups is 1. The molecule has 1 amide bonds. The normalized spacial score (nSPS) is 23.3. The van der Waals surface area contributed by atoms with E-state index in [1.165, 1.54) is 89.9 Å². The van der Waals surface area contributed by atoms with Gasteiger partial charge in [0, 0.05) is 6.42 Å². The van der Waals surface area contributed by atoms with E-state index < -0.39 is 49.5 Å². The first-order valence-corrected chi connectivity index (χ1v) is 18.6. The highest BCUT2D eigenvalue weighted by molar-refractivity contribution is 5.76. The van der Waals surface area contributed by atoms with Crippen LogP contribution in [-0.2, 0) is 14.3 Å². The molecule has 0 spiro atoms. The van der Waals surface area contributed by atoms with Gasteiger partial charge in [-0.3, -0.25) is 4.79 Å². The molecule has 0 radical (unpaired) electrons. The lowest BCUT2D eigenvalue weighted by molar-refractivity contribution is -0.302. The second kappa shape index (κ2) is 28.7. The van der Waals surface area contributed by atoms with Crippen LogP contribution in [-0.4, -0.2) is 87.5 Å². The zero-order chi connectivity index (χ0) is 33.8. The Morgan fingerprint density at radius 2 is 1.24 bits per heavy atom. The Labute approximate surface area is 279 Å². The molecule has 2 unspecified atom stereocenters. The first-order valence-electron chi connectivity index (χ1n) is 18.6. The number of aliphatic hydroxyl groups is 5. The first-order chi connectivity index (χ1) is 22.3. The molecule has 1 rings (SSSR count). The molecule has 9 heteroatoms. The van der Waals surface area contributed by atoms with Crippen molar-refractivity contribution in [2.75, 3.05) is 13.2 Å². The van der Waals surface area contributed by atoms with Gasteiger partial charge in [0.1, 0.15) is 24.4 Å². The van der Waals surface area contributed by atoms with Gasteiger partial charge in [-0.15, -0.1) is 0 Å². The van der Waals surface area contributed by atoms with Crippen molar-refractivity contribution in [3.05, 3.63) is 24.3 Å². The van der Waals surface area contributed by atoms with Crippen molar-refractivity contribution in [2.24, 2.45) is 0 Å². The Bertz CT molecular complexity index is 776. The molecule has 1 fully saturated rings. The molecule has 0 aromatic carbocycles. The SMILES string of the molecule is CCCCC/C=C/CC/C=C/[C@@H](O)[C@H](CO[C@H]1O[C@@H](CO)[C@H](O)C(O)C1O)NC(=O)CCCCCCCCCCCCCCCC. The summed E-state index contributed by atoms with van der Waals surface area (Å²) in [5.74, 6) is -0.191. The Hall–Kier alpha value is -1.33. The van der Waals surface area contributed by atoms with Gasteiger partial charge in [0.25, 0.3) is 0 Å². The molecule has 7 atom stereocenters. The molecule has 1 aliphatic rings. The number of amides is 1. The smallest absolute Gasteiger partial charge is 0.220 e. The first kappa shape index (κ1) is 42.7. The number of unbranched alkanes of at least 4 members (excludes halogenated alkanes) is 17. The molecule has 0 aliphatic carbocycles. The van der Waals surface area contributed by atoms with E-state index in [0.29, 0.717) is 6.42 Å². The molecular formula is C37H69NO8. The maximum absolute atomic E-state index is 12.8. The van der Waals surface area contributed by atoms with Crippen LogP contribution in [0, 0.1) is 0 Å². The van der Waals surface area contributed by atoms with Crippen molar-refractivity contribution in [1.82, 2.24) is 5.32 Å². The van der Waals surface area contributed by atoms with Crippen LogP contribution in [0.1, 0.15) is 149 Å². The van der Waals surface area contributed by atoms with Crippen LogP contribution in [0.15, 0.2) is 24.3 Å². The zero-order valence-electron chi connectivity index (χ0n) is 29.1. The van der Waals surface area contributed by atoms with Gasteiger partial charge in [0.2, 0.25) is 5.91 Å². The summed E-state index contributed by atoms with van der Waals surface area (Å²) >= 11 is 0. The van der Waals surface area contributed by atoms with Crippen molar-refractivity contribution in [1.29, 1.82) is 0 Å². The van der Waals surface area contributed by atoms with Crippen molar-refractivity contribution >= 4 is 5.91 Å². The lowest BCUT2D eigenvalue weighted by Crippen LogP contribution is -2.60. The highest BCUT2D eigenvalue weighted by Crippen LogP contribution is 2.22. The van der Waals surface area contributed by atoms with Gasteiger partial charge < -0.3 is 40.3 Å². The number of allylic oxidation sites excluding steroid dienone is 3. The van der Waals surface area contributed by atoms with Gasteiger partial charge in [0.05, 0.1) is 25.4 Å². The quantitative estimate of drug-likeness (QED) is 0.0425. The van der Waals surface area contributed by atoms with Crippen molar-refractivity contribution in [3.63, 3.8) is 0 Å². The third-order valence-corrected chi connectivity index (χ3v) is 8.78. The molecule has 46 heavy (non-hydrogen) atoms. The topological polar surface area (TPSA) is 149 Å². The summed E-state index contributed by atoms with van der Waals surface area (Å²) in [6.07, 6.45) is 23.7. The highest BCUT2D eigenvalue weighted by Gasteiger charge is 2.44. The van der Waals surface area contributed by atoms with Crippen LogP contribution in [0.3, 0.4) is 0 Å². The summed E-state index contributed by atoms with van der Waals surface area (Å²) in [5, 5.41) is 53.7. The van der Waals surface area contributed by atoms with E-state index in [9.17, 15) is 30.3 Å². The van der Waals surface area contributed by atoms with Crippen LogP contribution in [0.4, 0.5) is 0 Å². The lowest BCUT2D eigenvalue weighted by Gasteiger charge is -2.40. The van der Waals surface area contributed by atoms with E-state index in [2.05, 4.69) is 31.3 Å². The van der Waals surface area contributed by atoms with Gasteiger partial charge in [-0.1, -0.05) is 134 Å². The molecule has 0 aromatic rings. The molecule has 6 N–H and O–H groups in total. The average Bonchev–Trinajstić information content (AvgIpc) is 3.05. The number of hydrogen-bond acceptors (Lipinski definition) is 8. The van der Waals surface area contributed by atoms with Crippen LogP contribution in [0.2, 0.25) is 0 Å². The van der Waals surface area contributed by atoms with Crippen molar-refractivity contribution < 1.29 is 39.8 Å². The Balaban J connectivity index is 2.46. The molecule has 0 bridgehead atoms. The summed E-state index contributed by atoms with van der Waals surface area (Å²) in [7, 11) is 0. The Kier molecular flexibility index (Phi) is 26.6. The molecule has 1 heterocycles. The Morgan fingerprint density at radius 1 is 0.717 bits per heavy atom. The van der Waals surface area contributed by atoms with E-state index in [0.717, 1.165) is 38.5 Å². The molecule has 0 aromatic heterocycles. The van der Waals surface area contributed by atoms with E-state index in [1.54, 1.807) is 6.08 Å². The molecule has 1 saturated heterocycles. The van der Waals surface area contributed by atoms with Crippen LogP contribution >= 0.6 is 0 Å². The minimum absolute atomic E-state index is 0.191. The fourth-order valence-electron chi connectivity index (χ4n) is 5.70. The second-order valence-electron chi connectivity index (χ2n) is 13.0. The van der Waals surface area contributed by atoms with Crippen molar-refractivity contribution in [3.8, 4) is 0 Å². The number of aliphatic hydroxyl groups excluding tert-OH is 5. The fraction of sp³-hybridized carbons (Fsp3) is 0.865. The highest BCUT2D eigenvalue weighted by atomic mass is 16.7. The molecule has 270 valence electrons. The predicted octanol–water partition coefficient (Wildman–Crippen LogP) is 5.99. The maximum Gasteiger partial charge on any atom is 0.220 e. The van der Waals surface area contributed by atoms with Crippen LogP contribution < -0.4 is 5.32 Å². The lowest BCUT2D eigenvalue weighted by atomic mass is 9.99. The molecule has 1 aliphatic heterocycles. The number of ether oxygens (including phenoxy) is 2. The predicted molar refractivity (Wildman–Crippen MR) is 184 cm³/mol. The minimum Gasteiger partial charge on any atom is -0.394 e. The molecule has 9 nitrogen and oxygen atoms in total. The number of nitrogens with one attached hydrogen (secondary N) is 1. The number of rotatable bonds is 29. The van der Waals surface area contributed by atoms with E-state index in [4.69, 9.17) is 9.47 Å². The van der Waals surface area contributed by atoms with Gasteiger partial charge in [0.15, 0.2) is 6.29 Å². The number of carbonyl (C=O) groups excluding carboxylic acids is 1. The summed E-state index contributed by atoms with van der Waals surface area (Å²) < 4.78 is 11.1. The molecular weight excluding hydrogens is 586 g/mol. The second-order valence-corrected chi connectivity index (χ2v) is 13.0. The summed E-state index contributed by atoms with van der Waals surface area (Å²) in [4.78, 5) is 12.8. The minimum atomic E-state index is -1.57. The van der Waals surface area contributed by atoms with Gasteiger partial charge >= 0.3 is 0 Å². The fourth-order valence-corrected chi connectivity index (χ4v) is 5.70. The van der Waals surface area contributed by atoms with Crippen LogP contribution in [0.5, 0.6) is 0 Å². The van der Waals surface area contributed by atoms with Crippen molar-refractivity contribution in [2.45, 2.75) is 192 Å². The van der Waals surface area contributed by atoms with Gasteiger partial charge in [-0.25, -0.2) is 0 Å². The zero-order valence-corrected chi connectivity index (χ0v) is 29.1. The standard InChI is InChI=1S/C37H69NO8/c1-3-5-7-9-11-13-14-15-16-17-19-21-23-25-27-33(41)38-30(31(40)26-24-22-20-18-12-10-8-6-4-2)29-45-37-36(44)35(43)34(42)32(28-39)46-37/h12,18,24,26,30-32,34-37,39-40,42-44H,3-11,13-17,19-23,25,27-29H2,1-2H3,(H,38,41)/b18-12+,26-24+/t30-,31+,32-,34-,35?,36?,37-/m0/s1. The Morgan fingerprint density at radius 3 is 1.83 bits per heavy atom. The van der Waals surface area contributed by atoms with Crippen LogP contribution in [0.25, 0.3) is 0 Å². The average molecular weight is 656 g/mol. The monoisotopic (exact) mass is 656 g/mol.